The van der Waals surface area contributed by atoms with Crippen molar-refractivity contribution in [2.24, 2.45) is 0 Å². The summed E-state index contributed by atoms with van der Waals surface area (Å²) in [5.74, 6) is -2.20. The molecule has 0 atom stereocenters. The number of hydrogen-bond donors (Lipinski definition) is 1. The number of urea groups is 1. The zero-order chi connectivity index (χ0) is 26.0. The molecule has 9 nitrogen and oxygen atoms in total. The van der Waals surface area contributed by atoms with Gasteiger partial charge in [0.05, 0.1) is 20.7 Å². The third-order valence-electron chi connectivity index (χ3n) is 5.02. The fraction of sp³-hybridized carbons (Fsp3) is 0.0417. The van der Waals surface area contributed by atoms with Crippen LogP contribution in [0.25, 0.3) is 6.08 Å². The molecule has 1 aliphatic rings. The van der Waals surface area contributed by atoms with Gasteiger partial charge in [0, 0.05) is 12.1 Å². The zero-order valence-corrected chi connectivity index (χ0v) is 19.5. The number of non-ortho nitro benzene ring substituents is 1. The molecule has 0 spiro atoms. The number of benzene rings is 3. The molecule has 12 heteroatoms. The van der Waals surface area contributed by atoms with Crippen molar-refractivity contribution in [2.75, 3.05) is 4.90 Å². The number of nitrogens with one attached hydrogen (secondary N) is 1. The van der Waals surface area contributed by atoms with E-state index in [4.69, 9.17) is 27.9 Å². The van der Waals surface area contributed by atoms with E-state index >= 15 is 0 Å². The zero-order valence-electron chi connectivity index (χ0n) is 18.0. The van der Waals surface area contributed by atoms with Gasteiger partial charge in [0.2, 0.25) is 0 Å². The Kier molecular flexibility index (Phi) is 7.00. The van der Waals surface area contributed by atoms with Gasteiger partial charge >= 0.3 is 6.03 Å². The number of nitro groups is 1. The second kappa shape index (κ2) is 10.1. The number of imide groups is 2. The predicted octanol–water partition coefficient (Wildman–Crippen LogP) is 5.29. The van der Waals surface area contributed by atoms with Crippen molar-refractivity contribution in [1.82, 2.24) is 5.32 Å². The lowest BCUT2D eigenvalue weighted by Gasteiger charge is -2.26. The van der Waals surface area contributed by atoms with Gasteiger partial charge in [-0.05, 0) is 53.6 Å². The van der Waals surface area contributed by atoms with E-state index in [9.17, 15) is 28.9 Å². The van der Waals surface area contributed by atoms with Gasteiger partial charge in [-0.1, -0.05) is 35.3 Å². The number of nitrogens with zero attached hydrogens (tertiary/aromatic N) is 2. The van der Waals surface area contributed by atoms with E-state index in [0.29, 0.717) is 10.5 Å². The molecular weight excluding hydrogens is 516 g/mol. The Bertz CT molecular complexity index is 1420. The van der Waals surface area contributed by atoms with Crippen LogP contribution in [0.3, 0.4) is 0 Å². The van der Waals surface area contributed by atoms with Crippen LogP contribution in [-0.4, -0.2) is 22.8 Å². The SMILES string of the molecule is O=C1NC(=O)N(c2ccc([N+](=O)[O-])cc2)C(=O)/C1=C/c1cc(Cl)c(OCc2cccc(F)c2)c(Cl)c1. The van der Waals surface area contributed by atoms with Crippen LogP contribution in [0.4, 0.5) is 20.6 Å². The summed E-state index contributed by atoms with van der Waals surface area (Å²) in [6.07, 6.45) is 1.19. The number of carbonyl (C=O) groups excluding carboxylic acids is 3. The topological polar surface area (TPSA) is 119 Å². The van der Waals surface area contributed by atoms with Gasteiger partial charge in [-0.2, -0.15) is 0 Å². The number of amides is 4. The molecule has 0 aliphatic carbocycles. The van der Waals surface area contributed by atoms with Crippen LogP contribution in [0.15, 0.2) is 66.2 Å². The number of anilines is 1. The summed E-state index contributed by atoms with van der Waals surface area (Å²) in [4.78, 5) is 48.7. The van der Waals surface area contributed by atoms with Crippen molar-refractivity contribution in [1.29, 1.82) is 0 Å². The van der Waals surface area contributed by atoms with E-state index in [0.717, 1.165) is 12.1 Å². The van der Waals surface area contributed by atoms with Gasteiger partial charge in [-0.3, -0.25) is 25.0 Å². The molecule has 0 aromatic heterocycles. The van der Waals surface area contributed by atoms with E-state index in [2.05, 4.69) is 5.32 Å². The van der Waals surface area contributed by atoms with Gasteiger partial charge in [0.15, 0.2) is 5.75 Å². The summed E-state index contributed by atoms with van der Waals surface area (Å²) in [7, 11) is 0. The van der Waals surface area contributed by atoms with Crippen LogP contribution in [0.2, 0.25) is 10.0 Å². The molecule has 1 fully saturated rings. The maximum Gasteiger partial charge on any atom is 0.335 e. The molecule has 36 heavy (non-hydrogen) atoms. The molecule has 0 saturated carbocycles. The number of nitro benzene ring substituents is 1. The normalized spacial score (nSPS) is 14.7. The maximum atomic E-state index is 13.4. The Morgan fingerprint density at radius 2 is 1.69 bits per heavy atom. The van der Waals surface area contributed by atoms with Gasteiger partial charge in [0.25, 0.3) is 17.5 Å². The summed E-state index contributed by atoms with van der Waals surface area (Å²) in [5, 5.41) is 13.1. The molecule has 3 aromatic rings. The minimum atomic E-state index is -1.01. The Labute approximate surface area is 212 Å². The van der Waals surface area contributed by atoms with E-state index in [1.54, 1.807) is 6.07 Å². The second-order valence-corrected chi connectivity index (χ2v) is 8.28. The molecule has 1 aliphatic heterocycles. The molecule has 1 N–H and O–H groups in total. The minimum Gasteiger partial charge on any atom is -0.486 e. The molecule has 4 rings (SSSR count). The Balaban J connectivity index is 1.60. The summed E-state index contributed by atoms with van der Waals surface area (Å²) < 4.78 is 19.0. The first-order valence-electron chi connectivity index (χ1n) is 10.2. The molecule has 1 saturated heterocycles. The number of rotatable bonds is 6. The summed E-state index contributed by atoms with van der Waals surface area (Å²) in [5.41, 5.74) is 0.208. The van der Waals surface area contributed by atoms with Crippen molar-refractivity contribution < 1.29 is 28.4 Å². The fourth-order valence-corrected chi connectivity index (χ4v) is 3.98. The lowest BCUT2D eigenvalue weighted by atomic mass is 10.1. The predicted molar refractivity (Wildman–Crippen MR) is 129 cm³/mol. The monoisotopic (exact) mass is 529 g/mol. The van der Waals surface area contributed by atoms with Crippen LogP contribution in [-0.2, 0) is 16.2 Å². The molecular formula is C24H14Cl2FN3O6. The summed E-state index contributed by atoms with van der Waals surface area (Å²) in [6, 6.07) is 12.2. The standard InChI is InChI=1S/C24H14Cl2FN3O6/c25-19-10-14(11-20(26)21(19)36-12-13-2-1-3-15(27)8-13)9-18-22(31)28-24(33)29(23(18)32)16-4-6-17(7-5-16)30(34)35/h1-11H,12H2,(H,28,31,33)/b18-9+. The first-order chi connectivity index (χ1) is 17.1. The molecule has 0 unspecified atom stereocenters. The molecule has 1 heterocycles. The number of hydrogen-bond acceptors (Lipinski definition) is 6. The van der Waals surface area contributed by atoms with Crippen LogP contribution in [0.5, 0.6) is 5.75 Å². The van der Waals surface area contributed by atoms with Crippen molar-refractivity contribution >= 4 is 58.5 Å². The van der Waals surface area contributed by atoms with Crippen LogP contribution in [0, 0.1) is 15.9 Å². The van der Waals surface area contributed by atoms with Gasteiger partial charge in [-0.25, -0.2) is 14.1 Å². The molecule has 3 aromatic carbocycles. The van der Waals surface area contributed by atoms with E-state index in [-0.39, 0.29) is 39.3 Å². The highest BCUT2D eigenvalue weighted by atomic mass is 35.5. The highest BCUT2D eigenvalue weighted by Gasteiger charge is 2.37. The maximum absolute atomic E-state index is 13.4. The van der Waals surface area contributed by atoms with Crippen molar-refractivity contribution in [3.05, 3.63) is 103 Å². The highest BCUT2D eigenvalue weighted by molar-refractivity contribution is 6.40. The molecule has 0 radical (unpaired) electrons. The lowest BCUT2D eigenvalue weighted by Crippen LogP contribution is -2.54. The van der Waals surface area contributed by atoms with Crippen molar-refractivity contribution in [3.63, 3.8) is 0 Å². The molecule has 4 amide bonds. The third kappa shape index (κ3) is 5.19. The minimum absolute atomic E-state index is 0.00909. The first kappa shape index (κ1) is 24.8. The van der Waals surface area contributed by atoms with Gasteiger partial charge < -0.3 is 4.74 Å². The number of carbonyl (C=O) groups is 3. The van der Waals surface area contributed by atoms with Crippen molar-refractivity contribution in [3.8, 4) is 5.75 Å². The Hall–Kier alpha value is -4.28. The average Bonchev–Trinajstić information content (AvgIpc) is 2.81. The quantitative estimate of drug-likeness (QED) is 0.200. The van der Waals surface area contributed by atoms with E-state index in [1.807, 2.05) is 0 Å². The average molecular weight is 530 g/mol. The lowest BCUT2D eigenvalue weighted by molar-refractivity contribution is -0.384. The molecule has 182 valence electrons. The largest absolute Gasteiger partial charge is 0.486 e. The first-order valence-corrected chi connectivity index (χ1v) is 10.9. The number of halogens is 3. The van der Waals surface area contributed by atoms with Crippen LogP contribution < -0.4 is 15.0 Å². The fourth-order valence-electron chi connectivity index (χ4n) is 3.37. The summed E-state index contributed by atoms with van der Waals surface area (Å²) in [6.45, 7) is -0.00909. The summed E-state index contributed by atoms with van der Waals surface area (Å²) >= 11 is 12.6. The number of ether oxygens (including phenoxy) is 1. The smallest absolute Gasteiger partial charge is 0.335 e. The van der Waals surface area contributed by atoms with Crippen molar-refractivity contribution in [2.45, 2.75) is 6.61 Å². The number of barbiturate groups is 1. The van der Waals surface area contributed by atoms with Crippen LogP contribution >= 0.6 is 23.2 Å². The third-order valence-corrected chi connectivity index (χ3v) is 5.59. The molecule has 0 bridgehead atoms. The van der Waals surface area contributed by atoms with E-state index < -0.39 is 34.2 Å². The van der Waals surface area contributed by atoms with E-state index in [1.165, 1.54) is 48.5 Å². The second-order valence-electron chi connectivity index (χ2n) is 7.46. The highest BCUT2D eigenvalue weighted by Crippen LogP contribution is 2.36. The van der Waals surface area contributed by atoms with Gasteiger partial charge in [0.1, 0.15) is 18.0 Å². The Morgan fingerprint density at radius 3 is 2.31 bits per heavy atom. The Morgan fingerprint density at radius 1 is 1.03 bits per heavy atom. The van der Waals surface area contributed by atoms with Gasteiger partial charge in [-0.15, -0.1) is 0 Å². The van der Waals surface area contributed by atoms with Crippen LogP contribution in [0.1, 0.15) is 11.1 Å².